The zero-order chi connectivity index (χ0) is 24.3. The molecule has 0 aliphatic heterocycles. The second-order valence-electron chi connectivity index (χ2n) is 7.92. The number of rotatable bonds is 11. The third-order valence-electron chi connectivity index (χ3n) is 3.88. The number of amides is 3. The summed E-state index contributed by atoms with van der Waals surface area (Å²) < 4.78 is 15.8. The van der Waals surface area contributed by atoms with Crippen LogP contribution in [0.15, 0.2) is 18.2 Å². The molecule has 0 saturated heterocycles. The molecule has 1 aromatic carbocycles. The molecule has 1 rings (SSSR count). The highest BCUT2D eigenvalue weighted by Gasteiger charge is 2.19. The molecular formula is C22H33N3O7. The van der Waals surface area contributed by atoms with Crippen molar-refractivity contribution in [2.45, 2.75) is 40.2 Å². The Hall–Kier alpha value is -3.30. The van der Waals surface area contributed by atoms with Gasteiger partial charge in [-0.2, -0.15) is 0 Å². The molecule has 0 atom stereocenters. The van der Waals surface area contributed by atoms with E-state index in [0.29, 0.717) is 24.7 Å². The highest BCUT2D eigenvalue weighted by Crippen LogP contribution is 2.28. The first kappa shape index (κ1) is 26.7. The standard InChI is InChI=1S/C22H33N3O7/c1-7-30-16-10-9-15(11-17(16)31-8-2)21(29)23-12-20(28)32-14-19(27)25(6)13-18(26)24-22(3,4)5/h9-11H,7-8,12-14H2,1-6H3,(H,23,29)(H,24,26). The Bertz CT molecular complexity index is 818. The topological polar surface area (TPSA) is 123 Å². The number of carbonyl (C=O) groups is 4. The Balaban J connectivity index is 2.50. The maximum atomic E-state index is 12.3. The van der Waals surface area contributed by atoms with Crippen LogP contribution in [0.3, 0.4) is 0 Å². The lowest BCUT2D eigenvalue weighted by molar-refractivity contribution is -0.151. The van der Waals surface area contributed by atoms with Gasteiger partial charge in [0.2, 0.25) is 5.91 Å². The van der Waals surface area contributed by atoms with Gasteiger partial charge in [0, 0.05) is 18.2 Å². The molecule has 0 heterocycles. The van der Waals surface area contributed by atoms with Crippen molar-refractivity contribution < 1.29 is 33.4 Å². The summed E-state index contributed by atoms with van der Waals surface area (Å²) in [5, 5.41) is 5.17. The Morgan fingerprint density at radius 3 is 2.22 bits per heavy atom. The first-order chi connectivity index (χ1) is 15.0. The van der Waals surface area contributed by atoms with Crippen LogP contribution < -0.4 is 20.1 Å². The fourth-order valence-electron chi connectivity index (χ4n) is 2.51. The van der Waals surface area contributed by atoms with Gasteiger partial charge in [-0.05, 0) is 52.8 Å². The largest absolute Gasteiger partial charge is 0.490 e. The van der Waals surface area contributed by atoms with Crippen LogP contribution in [0.25, 0.3) is 0 Å². The lowest BCUT2D eigenvalue weighted by atomic mass is 10.1. The fourth-order valence-corrected chi connectivity index (χ4v) is 2.51. The molecule has 0 bridgehead atoms. The number of ether oxygens (including phenoxy) is 3. The Morgan fingerprint density at radius 2 is 1.62 bits per heavy atom. The van der Waals surface area contributed by atoms with Gasteiger partial charge in [-0.1, -0.05) is 0 Å². The van der Waals surface area contributed by atoms with Gasteiger partial charge >= 0.3 is 5.97 Å². The van der Waals surface area contributed by atoms with Crippen LogP contribution in [0.5, 0.6) is 11.5 Å². The molecule has 32 heavy (non-hydrogen) atoms. The summed E-state index contributed by atoms with van der Waals surface area (Å²) in [5.41, 5.74) is -0.135. The Labute approximate surface area is 188 Å². The summed E-state index contributed by atoms with van der Waals surface area (Å²) in [6.45, 7) is 8.87. The molecule has 3 amide bonds. The van der Waals surface area contributed by atoms with Crippen molar-refractivity contribution in [2.24, 2.45) is 0 Å². The molecule has 10 nitrogen and oxygen atoms in total. The van der Waals surface area contributed by atoms with Crippen molar-refractivity contribution in [3.8, 4) is 11.5 Å². The SMILES string of the molecule is CCOc1ccc(C(=O)NCC(=O)OCC(=O)N(C)CC(=O)NC(C)(C)C)cc1OCC. The molecular weight excluding hydrogens is 418 g/mol. The predicted molar refractivity (Wildman–Crippen MR) is 118 cm³/mol. The number of esters is 1. The van der Waals surface area contributed by atoms with Crippen molar-refractivity contribution in [3.05, 3.63) is 23.8 Å². The van der Waals surface area contributed by atoms with Crippen LogP contribution in [0.4, 0.5) is 0 Å². The first-order valence-electron chi connectivity index (χ1n) is 10.3. The van der Waals surface area contributed by atoms with Crippen molar-refractivity contribution in [2.75, 3.05) is 40.0 Å². The summed E-state index contributed by atoms with van der Waals surface area (Å²) in [7, 11) is 1.43. The highest BCUT2D eigenvalue weighted by molar-refractivity contribution is 5.96. The Kier molecular flexibility index (Phi) is 10.5. The van der Waals surface area contributed by atoms with Gasteiger partial charge in [-0.15, -0.1) is 0 Å². The molecule has 0 saturated carbocycles. The number of hydrogen-bond acceptors (Lipinski definition) is 7. The second kappa shape index (κ2) is 12.5. The summed E-state index contributed by atoms with van der Waals surface area (Å²) in [6.07, 6.45) is 0. The Morgan fingerprint density at radius 1 is 1.00 bits per heavy atom. The molecule has 1 aromatic rings. The third-order valence-corrected chi connectivity index (χ3v) is 3.88. The molecule has 0 aliphatic carbocycles. The van der Waals surface area contributed by atoms with Gasteiger partial charge < -0.3 is 29.7 Å². The quantitative estimate of drug-likeness (QED) is 0.484. The zero-order valence-electron chi connectivity index (χ0n) is 19.6. The molecule has 178 valence electrons. The van der Waals surface area contributed by atoms with Gasteiger partial charge in [0.1, 0.15) is 6.54 Å². The minimum atomic E-state index is -0.782. The second-order valence-corrected chi connectivity index (χ2v) is 7.92. The van der Waals surface area contributed by atoms with Crippen LogP contribution in [0, 0.1) is 0 Å². The normalized spacial score (nSPS) is 10.7. The van der Waals surface area contributed by atoms with E-state index in [4.69, 9.17) is 14.2 Å². The molecule has 0 radical (unpaired) electrons. The minimum Gasteiger partial charge on any atom is -0.490 e. The average molecular weight is 452 g/mol. The van der Waals surface area contributed by atoms with Crippen LogP contribution in [-0.4, -0.2) is 74.1 Å². The number of hydrogen-bond donors (Lipinski definition) is 2. The number of nitrogens with zero attached hydrogens (tertiary/aromatic N) is 1. The molecule has 0 aromatic heterocycles. The lowest BCUT2D eigenvalue weighted by Gasteiger charge is -2.23. The van der Waals surface area contributed by atoms with E-state index >= 15 is 0 Å². The summed E-state index contributed by atoms with van der Waals surface area (Å²) in [4.78, 5) is 49.3. The molecule has 0 unspecified atom stereocenters. The summed E-state index contributed by atoms with van der Waals surface area (Å²) in [5.74, 6) is -1.21. The average Bonchev–Trinajstić information content (AvgIpc) is 2.70. The van der Waals surface area contributed by atoms with Gasteiger partial charge in [0.25, 0.3) is 11.8 Å². The van der Waals surface area contributed by atoms with Crippen molar-refractivity contribution >= 4 is 23.7 Å². The molecule has 2 N–H and O–H groups in total. The molecule has 0 fully saturated rings. The van der Waals surface area contributed by atoms with Gasteiger partial charge in [0.05, 0.1) is 19.8 Å². The van der Waals surface area contributed by atoms with E-state index in [-0.39, 0.29) is 18.0 Å². The zero-order valence-corrected chi connectivity index (χ0v) is 19.6. The van der Waals surface area contributed by atoms with Crippen molar-refractivity contribution in [1.29, 1.82) is 0 Å². The van der Waals surface area contributed by atoms with E-state index in [2.05, 4.69) is 10.6 Å². The summed E-state index contributed by atoms with van der Waals surface area (Å²) >= 11 is 0. The fraction of sp³-hybridized carbons (Fsp3) is 0.545. The first-order valence-corrected chi connectivity index (χ1v) is 10.3. The van der Waals surface area contributed by atoms with E-state index in [1.807, 2.05) is 34.6 Å². The van der Waals surface area contributed by atoms with Gasteiger partial charge in [0.15, 0.2) is 18.1 Å². The summed E-state index contributed by atoms with van der Waals surface area (Å²) in [6, 6.07) is 4.69. The highest BCUT2D eigenvalue weighted by atomic mass is 16.5. The van der Waals surface area contributed by atoms with Gasteiger partial charge in [-0.3, -0.25) is 19.2 Å². The number of carbonyl (C=O) groups excluding carboxylic acids is 4. The van der Waals surface area contributed by atoms with E-state index in [1.165, 1.54) is 13.1 Å². The van der Waals surface area contributed by atoms with Crippen LogP contribution >= 0.6 is 0 Å². The van der Waals surface area contributed by atoms with Crippen LogP contribution in [-0.2, 0) is 19.1 Å². The number of benzene rings is 1. The van der Waals surface area contributed by atoms with Gasteiger partial charge in [-0.25, -0.2) is 0 Å². The van der Waals surface area contributed by atoms with Crippen molar-refractivity contribution in [3.63, 3.8) is 0 Å². The van der Waals surface area contributed by atoms with E-state index in [9.17, 15) is 19.2 Å². The number of nitrogens with one attached hydrogen (secondary N) is 2. The van der Waals surface area contributed by atoms with Crippen molar-refractivity contribution in [1.82, 2.24) is 15.5 Å². The van der Waals surface area contributed by atoms with Crippen LogP contribution in [0.2, 0.25) is 0 Å². The lowest BCUT2D eigenvalue weighted by Crippen LogP contribution is -2.47. The molecule has 0 spiro atoms. The van der Waals surface area contributed by atoms with E-state index < -0.39 is 36.5 Å². The minimum absolute atomic E-state index is 0.162. The van der Waals surface area contributed by atoms with E-state index in [0.717, 1.165) is 4.90 Å². The smallest absolute Gasteiger partial charge is 0.325 e. The van der Waals surface area contributed by atoms with E-state index in [1.54, 1.807) is 12.1 Å². The maximum Gasteiger partial charge on any atom is 0.325 e. The predicted octanol–water partition coefficient (Wildman–Crippen LogP) is 1.13. The third kappa shape index (κ3) is 9.67. The van der Waals surface area contributed by atoms with Crippen LogP contribution in [0.1, 0.15) is 45.0 Å². The monoisotopic (exact) mass is 451 g/mol. The molecule has 0 aliphatic rings. The molecule has 10 heteroatoms. The maximum absolute atomic E-state index is 12.3. The number of likely N-dealkylation sites (N-methyl/N-ethyl adjacent to an activating group) is 1.